The highest BCUT2D eigenvalue weighted by molar-refractivity contribution is 5.86. The predicted molar refractivity (Wildman–Crippen MR) is 48.9 cm³/mol. The van der Waals surface area contributed by atoms with Crippen LogP contribution in [-0.4, -0.2) is 24.6 Å². The maximum absolute atomic E-state index is 5.59. The Balaban J connectivity index is 2.50. The lowest BCUT2D eigenvalue weighted by Gasteiger charge is -2.13. The fourth-order valence-electron chi connectivity index (χ4n) is 1.41. The van der Waals surface area contributed by atoms with Gasteiger partial charge in [0.25, 0.3) is 0 Å². The van der Waals surface area contributed by atoms with Gasteiger partial charge in [0.2, 0.25) is 0 Å². The largest absolute Gasteiger partial charge is 0.367 e. The molecule has 1 fully saturated rings. The molecule has 0 radical (unpaired) electrons. The van der Waals surface area contributed by atoms with Gasteiger partial charge in [0.15, 0.2) is 0 Å². The molecular formula is C8H17N3O. The second-order valence-corrected chi connectivity index (χ2v) is 3.02. The van der Waals surface area contributed by atoms with E-state index in [1.807, 2.05) is 6.92 Å². The Labute approximate surface area is 73.2 Å². The second-order valence-electron chi connectivity index (χ2n) is 3.02. The molecule has 2 atom stereocenters. The van der Waals surface area contributed by atoms with E-state index in [9.17, 15) is 0 Å². The van der Waals surface area contributed by atoms with Crippen LogP contribution >= 0.6 is 0 Å². The number of hydrogen-bond acceptors (Lipinski definition) is 3. The fraction of sp³-hybridized carbons (Fsp3) is 0.875. The monoisotopic (exact) mass is 171 g/mol. The van der Waals surface area contributed by atoms with E-state index in [0.717, 1.165) is 25.2 Å². The average molecular weight is 171 g/mol. The van der Waals surface area contributed by atoms with Gasteiger partial charge >= 0.3 is 0 Å². The topological polar surface area (TPSA) is 59.6 Å². The molecule has 1 aliphatic rings. The summed E-state index contributed by atoms with van der Waals surface area (Å²) in [6.45, 7) is 4.80. The van der Waals surface area contributed by atoms with E-state index >= 15 is 0 Å². The molecule has 1 heterocycles. The van der Waals surface area contributed by atoms with Crippen LogP contribution in [0.1, 0.15) is 26.7 Å². The molecule has 4 nitrogen and oxygen atoms in total. The van der Waals surface area contributed by atoms with Gasteiger partial charge in [0.05, 0.1) is 6.10 Å². The molecule has 0 spiro atoms. The van der Waals surface area contributed by atoms with Gasteiger partial charge < -0.3 is 10.2 Å². The summed E-state index contributed by atoms with van der Waals surface area (Å²) in [6, 6.07) is 0. The van der Waals surface area contributed by atoms with Crippen molar-refractivity contribution in [2.75, 3.05) is 6.54 Å². The van der Waals surface area contributed by atoms with E-state index in [2.05, 4.69) is 17.3 Å². The van der Waals surface area contributed by atoms with Crippen LogP contribution in [0.5, 0.6) is 0 Å². The van der Waals surface area contributed by atoms with Crippen LogP contribution in [0.4, 0.5) is 0 Å². The Bertz CT molecular complexity index is 170. The summed E-state index contributed by atoms with van der Waals surface area (Å²) in [5.41, 5.74) is 2.59. The van der Waals surface area contributed by atoms with Crippen LogP contribution < -0.4 is 11.3 Å². The zero-order valence-corrected chi connectivity index (χ0v) is 7.71. The zero-order chi connectivity index (χ0) is 8.97. The highest BCUT2D eigenvalue weighted by atomic mass is 16.5. The molecule has 3 N–H and O–H groups in total. The van der Waals surface area contributed by atoms with Crippen molar-refractivity contribution in [1.82, 2.24) is 5.43 Å². The van der Waals surface area contributed by atoms with Gasteiger partial charge in [0.1, 0.15) is 11.9 Å². The number of nitrogens with one attached hydrogen (secondary N) is 1. The first-order chi connectivity index (χ1) is 5.77. The Morgan fingerprint density at radius 1 is 1.67 bits per heavy atom. The molecule has 1 saturated heterocycles. The van der Waals surface area contributed by atoms with Crippen LogP contribution in [0, 0.1) is 0 Å². The number of rotatable bonds is 2. The van der Waals surface area contributed by atoms with Gasteiger partial charge in [-0.3, -0.25) is 4.99 Å². The van der Waals surface area contributed by atoms with Crippen molar-refractivity contribution in [3.05, 3.63) is 0 Å². The van der Waals surface area contributed by atoms with E-state index in [1.165, 1.54) is 0 Å². The lowest BCUT2D eigenvalue weighted by atomic mass is 10.2. The van der Waals surface area contributed by atoms with E-state index < -0.39 is 0 Å². The molecule has 0 saturated carbocycles. The number of hydrogen-bond donors (Lipinski definition) is 2. The highest BCUT2D eigenvalue weighted by Gasteiger charge is 2.25. The summed E-state index contributed by atoms with van der Waals surface area (Å²) in [5.74, 6) is 6.10. The molecule has 0 aliphatic carbocycles. The van der Waals surface area contributed by atoms with Crippen LogP contribution in [0.2, 0.25) is 0 Å². The van der Waals surface area contributed by atoms with Gasteiger partial charge in [-0.1, -0.05) is 0 Å². The van der Waals surface area contributed by atoms with E-state index in [-0.39, 0.29) is 6.10 Å². The first kappa shape index (κ1) is 9.48. The molecule has 70 valence electrons. The van der Waals surface area contributed by atoms with Crippen molar-refractivity contribution < 1.29 is 4.74 Å². The maximum atomic E-state index is 5.59. The van der Waals surface area contributed by atoms with Crippen molar-refractivity contribution in [2.24, 2.45) is 10.8 Å². The van der Waals surface area contributed by atoms with Crippen molar-refractivity contribution in [2.45, 2.75) is 38.9 Å². The quantitative estimate of drug-likeness (QED) is 0.274. The van der Waals surface area contributed by atoms with Gasteiger partial charge in [0, 0.05) is 6.54 Å². The standard InChI is InChI=1S/C8H17N3O/c1-3-10-8(11-9)7-5-4-6(2)12-7/h6-7H,3-5,9H2,1-2H3,(H,10,11). The van der Waals surface area contributed by atoms with E-state index in [4.69, 9.17) is 10.6 Å². The van der Waals surface area contributed by atoms with E-state index in [1.54, 1.807) is 0 Å². The third kappa shape index (κ3) is 2.19. The first-order valence-corrected chi connectivity index (χ1v) is 4.44. The number of amidine groups is 1. The third-order valence-electron chi connectivity index (χ3n) is 2.01. The SMILES string of the molecule is CCN=C(NN)C1CCC(C)O1. The van der Waals surface area contributed by atoms with Crippen LogP contribution in [-0.2, 0) is 4.74 Å². The summed E-state index contributed by atoms with van der Waals surface area (Å²) in [6.07, 6.45) is 2.54. The van der Waals surface area contributed by atoms with Crippen molar-refractivity contribution in [3.63, 3.8) is 0 Å². The lowest BCUT2D eigenvalue weighted by molar-refractivity contribution is 0.0916. The Kier molecular flexibility index (Phi) is 3.49. The number of nitrogens with zero attached hydrogens (tertiary/aromatic N) is 1. The minimum Gasteiger partial charge on any atom is -0.367 e. The zero-order valence-electron chi connectivity index (χ0n) is 7.71. The summed E-state index contributed by atoms with van der Waals surface area (Å²) in [7, 11) is 0. The van der Waals surface area contributed by atoms with Crippen LogP contribution in [0.3, 0.4) is 0 Å². The average Bonchev–Trinajstić information content (AvgIpc) is 2.47. The predicted octanol–water partition coefficient (Wildman–Crippen LogP) is 0.436. The molecule has 0 bridgehead atoms. The minimum absolute atomic E-state index is 0.0879. The minimum atomic E-state index is 0.0879. The summed E-state index contributed by atoms with van der Waals surface area (Å²) < 4.78 is 5.59. The van der Waals surface area contributed by atoms with Crippen LogP contribution in [0.25, 0.3) is 0 Å². The van der Waals surface area contributed by atoms with Crippen LogP contribution in [0.15, 0.2) is 4.99 Å². The molecule has 0 aromatic rings. The summed E-state index contributed by atoms with van der Waals surface area (Å²) >= 11 is 0. The third-order valence-corrected chi connectivity index (χ3v) is 2.01. The summed E-state index contributed by atoms with van der Waals surface area (Å²) in [5, 5.41) is 0. The van der Waals surface area contributed by atoms with Crippen molar-refractivity contribution in [1.29, 1.82) is 0 Å². The molecule has 1 rings (SSSR count). The number of ether oxygens (including phenoxy) is 1. The maximum Gasteiger partial charge on any atom is 0.140 e. The molecule has 0 aromatic carbocycles. The number of hydrazine groups is 1. The van der Waals surface area contributed by atoms with Gasteiger partial charge in [-0.05, 0) is 26.7 Å². The Morgan fingerprint density at radius 2 is 2.42 bits per heavy atom. The smallest absolute Gasteiger partial charge is 0.140 e. The molecule has 4 heteroatoms. The molecule has 0 amide bonds. The first-order valence-electron chi connectivity index (χ1n) is 4.44. The molecule has 1 aliphatic heterocycles. The molecule has 0 aromatic heterocycles. The van der Waals surface area contributed by atoms with Crippen molar-refractivity contribution >= 4 is 5.84 Å². The van der Waals surface area contributed by atoms with Gasteiger partial charge in [-0.15, -0.1) is 0 Å². The number of aliphatic imine (C=N–C) groups is 1. The Hall–Kier alpha value is -0.610. The van der Waals surface area contributed by atoms with E-state index in [0.29, 0.717) is 6.10 Å². The van der Waals surface area contributed by atoms with Crippen molar-refractivity contribution in [3.8, 4) is 0 Å². The second kappa shape index (κ2) is 4.42. The summed E-state index contributed by atoms with van der Waals surface area (Å²) in [4.78, 5) is 4.21. The number of nitrogens with two attached hydrogens (primary N) is 1. The normalized spacial score (nSPS) is 30.8. The Morgan fingerprint density at radius 3 is 2.83 bits per heavy atom. The highest BCUT2D eigenvalue weighted by Crippen LogP contribution is 2.19. The molecular weight excluding hydrogens is 154 g/mol. The molecule has 12 heavy (non-hydrogen) atoms. The van der Waals surface area contributed by atoms with Gasteiger partial charge in [-0.25, -0.2) is 5.84 Å². The molecule has 2 unspecified atom stereocenters. The fourth-order valence-corrected chi connectivity index (χ4v) is 1.41. The lowest BCUT2D eigenvalue weighted by Crippen LogP contribution is -2.39. The van der Waals surface area contributed by atoms with Gasteiger partial charge in [-0.2, -0.15) is 0 Å².